The Hall–Kier alpha value is -3.20. The number of ether oxygens (including phenoxy) is 2. The second-order valence-corrected chi connectivity index (χ2v) is 5.93. The molecule has 0 bridgehead atoms. The molecule has 0 aliphatic heterocycles. The third-order valence-corrected chi connectivity index (χ3v) is 4.06. The Balaban J connectivity index is 1.80. The smallest absolute Gasteiger partial charge is 0.257 e. The lowest BCUT2D eigenvalue weighted by Gasteiger charge is -2.10. The van der Waals surface area contributed by atoms with E-state index in [0.717, 1.165) is 0 Å². The fraction of sp³-hybridized carbons (Fsp3) is 0.333. The number of carbonyl (C=O) groups excluding carboxylic acids is 1. The lowest BCUT2D eigenvalue weighted by molar-refractivity contribution is 0.0931. The second kappa shape index (κ2) is 8.00. The van der Waals surface area contributed by atoms with E-state index in [9.17, 15) is 9.59 Å². The molecule has 3 aromatic rings. The molecule has 2 heterocycles. The van der Waals surface area contributed by atoms with Crippen molar-refractivity contribution >= 4 is 16.8 Å². The van der Waals surface area contributed by atoms with Crippen LogP contribution in [-0.2, 0) is 11.2 Å². The van der Waals surface area contributed by atoms with Crippen LogP contribution in [0.4, 0.5) is 0 Å². The zero-order valence-electron chi connectivity index (χ0n) is 15.2. The van der Waals surface area contributed by atoms with Gasteiger partial charge in [-0.3, -0.25) is 9.59 Å². The fourth-order valence-corrected chi connectivity index (χ4v) is 2.57. The van der Waals surface area contributed by atoms with Crippen LogP contribution in [0, 0.1) is 0 Å². The van der Waals surface area contributed by atoms with Gasteiger partial charge in [0, 0.05) is 30.6 Å². The van der Waals surface area contributed by atoms with Crippen molar-refractivity contribution in [3.05, 3.63) is 51.9 Å². The van der Waals surface area contributed by atoms with Gasteiger partial charge >= 0.3 is 0 Å². The van der Waals surface area contributed by atoms with E-state index >= 15 is 0 Å². The summed E-state index contributed by atoms with van der Waals surface area (Å²) < 4.78 is 15.3. The molecular weight excluding hydrogens is 352 g/mol. The lowest BCUT2D eigenvalue weighted by Crippen LogP contribution is -2.31. The topological polar surface area (TPSA) is 119 Å². The second-order valence-electron chi connectivity index (χ2n) is 5.93. The highest BCUT2D eigenvalue weighted by Gasteiger charge is 2.20. The number of amides is 1. The standard InChI is InChI=1S/C18H20N4O5/c1-10(18-21-15(22-27-18)6-7-25-2)20-17(24)13-9-19-14-5-4-11(26-3)8-12(14)16(13)23/h4-5,8-10H,6-7H2,1-3H3,(H,19,23)(H,20,24). The van der Waals surface area contributed by atoms with E-state index in [1.165, 1.54) is 13.3 Å². The number of rotatable bonds is 7. The van der Waals surface area contributed by atoms with Crippen LogP contribution in [0.25, 0.3) is 10.9 Å². The molecule has 0 saturated heterocycles. The zero-order chi connectivity index (χ0) is 19.4. The Labute approximate surface area is 154 Å². The first-order valence-electron chi connectivity index (χ1n) is 8.35. The largest absolute Gasteiger partial charge is 0.497 e. The van der Waals surface area contributed by atoms with Crippen LogP contribution >= 0.6 is 0 Å². The number of methoxy groups -OCH3 is 2. The molecule has 2 aromatic heterocycles. The summed E-state index contributed by atoms with van der Waals surface area (Å²) in [6, 6.07) is 4.49. The van der Waals surface area contributed by atoms with Crippen molar-refractivity contribution in [1.82, 2.24) is 20.4 Å². The van der Waals surface area contributed by atoms with Crippen LogP contribution in [0.1, 0.15) is 35.0 Å². The minimum absolute atomic E-state index is 0.0123. The predicted molar refractivity (Wildman–Crippen MR) is 96.9 cm³/mol. The van der Waals surface area contributed by atoms with Gasteiger partial charge in [-0.1, -0.05) is 5.16 Å². The Bertz CT molecular complexity index is 1010. The Morgan fingerprint density at radius 3 is 2.93 bits per heavy atom. The zero-order valence-corrected chi connectivity index (χ0v) is 15.2. The molecule has 142 valence electrons. The molecule has 27 heavy (non-hydrogen) atoms. The van der Waals surface area contributed by atoms with Crippen molar-refractivity contribution in [2.45, 2.75) is 19.4 Å². The van der Waals surface area contributed by atoms with Gasteiger partial charge in [-0.2, -0.15) is 4.98 Å². The molecule has 0 aliphatic rings. The Kier molecular flexibility index (Phi) is 5.51. The van der Waals surface area contributed by atoms with Crippen molar-refractivity contribution in [3.63, 3.8) is 0 Å². The number of pyridine rings is 1. The van der Waals surface area contributed by atoms with Gasteiger partial charge in [0.25, 0.3) is 5.91 Å². The highest BCUT2D eigenvalue weighted by Crippen LogP contribution is 2.17. The van der Waals surface area contributed by atoms with Crippen LogP contribution < -0.4 is 15.5 Å². The normalized spacial score (nSPS) is 12.1. The van der Waals surface area contributed by atoms with Crippen molar-refractivity contribution in [2.24, 2.45) is 0 Å². The number of aromatic nitrogens is 3. The first-order valence-corrected chi connectivity index (χ1v) is 8.35. The summed E-state index contributed by atoms with van der Waals surface area (Å²) in [5.74, 6) is 0.746. The number of nitrogens with one attached hydrogen (secondary N) is 2. The summed E-state index contributed by atoms with van der Waals surface area (Å²) in [7, 11) is 3.10. The molecule has 9 nitrogen and oxygen atoms in total. The van der Waals surface area contributed by atoms with Crippen LogP contribution in [0.2, 0.25) is 0 Å². The van der Waals surface area contributed by atoms with Gasteiger partial charge in [0.1, 0.15) is 17.4 Å². The van der Waals surface area contributed by atoms with E-state index in [0.29, 0.717) is 35.5 Å². The monoisotopic (exact) mass is 372 g/mol. The molecule has 1 unspecified atom stereocenters. The molecule has 1 aromatic carbocycles. The number of H-pyrrole nitrogens is 1. The number of fused-ring (bicyclic) bond motifs is 1. The maximum atomic E-state index is 12.7. The Morgan fingerprint density at radius 2 is 2.19 bits per heavy atom. The molecule has 2 N–H and O–H groups in total. The summed E-state index contributed by atoms with van der Waals surface area (Å²) >= 11 is 0. The number of aromatic amines is 1. The van der Waals surface area contributed by atoms with E-state index in [4.69, 9.17) is 14.0 Å². The van der Waals surface area contributed by atoms with Gasteiger partial charge in [0.15, 0.2) is 5.82 Å². The minimum Gasteiger partial charge on any atom is -0.497 e. The van der Waals surface area contributed by atoms with E-state index < -0.39 is 17.4 Å². The van der Waals surface area contributed by atoms with Crippen LogP contribution in [0.5, 0.6) is 5.75 Å². The molecule has 1 amide bonds. The maximum Gasteiger partial charge on any atom is 0.257 e. The van der Waals surface area contributed by atoms with Gasteiger partial charge in [0.05, 0.1) is 13.7 Å². The van der Waals surface area contributed by atoms with Crippen LogP contribution in [0.15, 0.2) is 33.7 Å². The third kappa shape index (κ3) is 3.98. The number of carbonyl (C=O) groups is 1. The van der Waals surface area contributed by atoms with Crippen molar-refractivity contribution < 1.29 is 18.8 Å². The Morgan fingerprint density at radius 1 is 1.37 bits per heavy atom. The van der Waals surface area contributed by atoms with Gasteiger partial charge in [-0.05, 0) is 25.1 Å². The summed E-state index contributed by atoms with van der Waals surface area (Å²) in [4.78, 5) is 32.4. The average Bonchev–Trinajstić information content (AvgIpc) is 3.15. The number of hydrogen-bond donors (Lipinski definition) is 2. The van der Waals surface area contributed by atoms with Crippen molar-refractivity contribution in [2.75, 3.05) is 20.8 Å². The quantitative estimate of drug-likeness (QED) is 0.646. The van der Waals surface area contributed by atoms with E-state index in [2.05, 4.69) is 20.4 Å². The molecule has 9 heteroatoms. The maximum absolute atomic E-state index is 12.7. The third-order valence-electron chi connectivity index (χ3n) is 4.06. The molecule has 0 aliphatic carbocycles. The van der Waals surface area contributed by atoms with Crippen molar-refractivity contribution in [1.29, 1.82) is 0 Å². The van der Waals surface area contributed by atoms with Gasteiger partial charge in [-0.25, -0.2) is 0 Å². The van der Waals surface area contributed by atoms with E-state index in [1.807, 2.05) is 0 Å². The van der Waals surface area contributed by atoms with Gasteiger partial charge in [-0.15, -0.1) is 0 Å². The van der Waals surface area contributed by atoms with Gasteiger partial charge < -0.3 is 24.3 Å². The molecule has 1 atom stereocenters. The summed E-state index contributed by atoms with van der Waals surface area (Å²) in [6.45, 7) is 2.17. The first-order chi connectivity index (χ1) is 13.0. The number of nitrogens with zero attached hydrogens (tertiary/aromatic N) is 2. The molecule has 0 spiro atoms. The summed E-state index contributed by atoms with van der Waals surface area (Å²) in [6.07, 6.45) is 1.89. The predicted octanol–water partition coefficient (Wildman–Crippen LogP) is 1.60. The van der Waals surface area contributed by atoms with E-state index in [-0.39, 0.29) is 11.5 Å². The minimum atomic E-state index is -0.554. The lowest BCUT2D eigenvalue weighted by atomic mass is 10.1. The van der Waals surface area contributed by atoms with E-state index in [1.54, 1.807) is 32.2 Å². The fourth-order valence-electron chi connectivity index (χ4n) is 2.57. The van der Waals surface area contributed by atoms with Crippen LogP contribution in [0.3, 0.4) is 0 Å². The van der Waals surface area contributed by atoms with Gasteiger partial charge in [0.2, 0.25) is 11.3 Å². The first kappa shape index (κ1) is 18.6. The molecule has 0 fully saturated rings. The number of hydrogen-bond acceptors (Lipinski definition) is 7. The SMILES string of the molecule is COCCc1noc(C(C)NC(=O)c2c[nH]c3ccc(OC)cc3c2=O)n1. The average molecular weight is 372 g/mol. The van der Waals surface area contributed by atoms with Crippen molar-refractivity contribution in [3.8, 4) is 5.75 Å². The molecular formula is C18H20N4O5. The highest BCUT2D eigenvalue weighted by atomic mass is 16.5. The summed E-state index contributed by atoms with van der Waals surface area (Å²) in [5.41, 5.74) is 0.213. The highest BCUT2D eigenvalue weighted by molar-refractivity contribution is 5.97. The molecule has 0 radical (unpaired) electrons. The molecule has 3 rings (SSSR count). The number of benzene rings is 1. The molecule has 0 saturated carbocycles. The van der Waals surface area contributed by atoms with Crippen LogP contribution in [-0.4, -0.2) is 41.9 Å². The summed E-state index contributed by atoms with van der Waals surface area (Å²) in [5, 5.41) is 6.90.